The molecule has 1 fully saturated rings. The Labute approximate surface area is 155 Å². The van der Waals surface area contributed by atoms with Crippen molar-refractivity contribution in [3.05, 3.63) is 48.0 Å². The predicted octanol–water partition coefficient (Wildman–Crippen LogP) is 2.89. The maximum Gasteiger partial charge on any atom is 0.173 e. The third kappa shape index (κ3) is 4.80. The van der Waals surface area contributed by atoms with E-state index in [1.807, 2.05) is 12.4 Å². The van der Waals surface area contributed by atoms with Crippen molar-refractivity contribution in [3.8, 4) is 0 Å². The lowest BCUT2D eigenvalue weighted by atomic mass is 10.1. The van der Waals surface area contributed by atoms with Gasteiger partial charge in [0.2, 0.25) is 0 Å². The predicted molar refractivity (Wildman–Crippen MR) is 107 cm³/mol. The number of thiocarbonyl (C=S) groups is 1. The van der Waals surface area contributed by atoms with Crippen LogP contribution in [0.25, 0.3) is 0 Å². The number of rotatable bonds is 4. The number of aryl methyl sites for hydroxylation is 2. The van der Waals surface area contributed by atoms with Crippen LogP contribution in [0, 0.1) is 0 Å². The van der Waals surface area contributed by atoms with Crippen LogP contribution in [0.4, 0.5) is 5.69 Å². The van der Waals surface area contributed by atoms with Crippen LogP contribution in [0.5, 0.6) is 0 Å². The summed E-state index contributed by atoms with van der Waals surface area (Å²) in [5.41, 5.74) is 2.41. The molecule has 1 aromatic heterocycles. The van der Waals surface area contributed by atoms with Gasteiger partial charge in [0.15, 0.2) is 5.11 Å². The van der Waals surface area contributed by atoms with E-state index in [1.54, 1.807) is 0 Å². The van der Waals surface area contributed by atoms with Crippen LogP contribution in [0.2, 0.25) is 0 Å². The third-order valence-electron chi connectivity index (χ3n) is 4.75. The van der Waals surface area contributed by atoms with E-state index in [4.69, 9.17) is 12.2 Å². The average Bonchev–Trinajstić information content (AvgIpc) is 2.88. The topological polar surface area (TPSA) is 36.3 Å². The third-order valence-corrected chi connectivity index (χ3v) is 5.11. The summed E-state index contributed by atoms with van der Waals surface area (Å²) in [5, 5.41) is 4.23. The molecule has 2 heterocycles. The number of nitrogens with zero attached hydrogens (tertiary/aromatic N) is 4. The van der Waals surface area contributed by atoms with Crippen LogP contribution in [-0.2, 0) is 20.0 Å². The van der Waals surface area contributed by atoms with E-state index in [-0.39, 0.29) is 0 Å². The smallest absolute Gasteiger partial charge is 0.173 e. The first-order chi connectivity index (χ1) is 12.2. The van der Waals surface area contributed by atoms with E-state index < -0.39 is 0 Å². The maximum atomic E-state index is 5.65. The molecule has 0 aliphatic carbocycles. The second-order valence-electron chi connectivity index (χ2n) is 6.56. The number of benzene rings is 1. The molecule has 0 saturated carbocycles. The highest BCUT2D eigenvalue weighted by Crippen LogP contribution is 2.13. The largest absolute Gasteiger partial charge is 0.348 e. The lowest BCUT2D eigenvalue weighted by molar-refractivity contribution is 0.269. The number of anilines is 1. The van der Waals surface area contributed by atoms with E-state index >= 15 is 0 Å². The Bertz CT molecular complexity index is 711. The Balaban J connectivity index is 1.55. The van der Waals surface area contributed by atoms with Gasteiger partial charge in [0.1, 0.15) is 5.82 Å². The highest BCUT2D eigenvalue weighted by Gasteiger charge is 2.18. The Morgan fingerprint density at radius 3 is 2.88 bits per heavy atom. The number of nitrogens with one attached hydrogen (secondary N) is 1. The summed E-state index contributed by atoms with van der Waals surface area (Å²) in [4.78, 5) is 9.18. The van der Waals surface area contributed by atoms with Crippen LogP contribution in [-0.4, -0.2) is 50.6 Å². The number of hydrogen-bond donors (Lipinski definition) is 1. The summed E-state index contributed by atoms with van der Waals surface area (Å²) < 4.78 is 2.09. The van der Waals surface area contributed by atoms with Crippen molar-refractivity contribution < 1.29 is 0 Å². The molecule has 0 bridgehead atoms. The highest BCUT2D eigenvalue weighted by molar-refractivity contribution is 7.80. The zero-order valence-electron chi connectivity index (χ0n) is 15.1. The molecule has 1 N–H and O–H groups in total. The molecule has 3 rings (SSSR count). The average molecular weight is 358 g/mol. The number of imidazole rings is 1. The van der Waals surface area contributed by atoms with Gasteiger partial charge in [-0.2, -0.15) is 0 Å². The van der Waals surface area contributed by atoms with Crippen molar-refractivity contribution in [2.24, 2.45) is 7.05 Å². The molecule has 1 saturated heterocycles. The van der Waals surface area contributed by atoms with Gasteiger partial charge in [0.05, 0.1) is 6.54 Å². The first kappa shape index (κ1) is 17.9. The number of hydrogen-bond acceptors (Lipinski definition) is 3. The maximum absolute atomic E-state index is 5.65. The fourth-order valence-corrected chi connectivity index (χ4v) is 3.45. The fraction of sp³-hybridized carbons (Fsp3) is 0.474. The number of aromatic nitrogens is 2. The van der Waals surface area contributed by atoms with Gasteiger partial charge < -0.3 is 14.8 Å². The van der Waals surface area contributed by atoms with E-state index in [0.29, 0.717) is 0 Å². The first-order valence-electron chi connectivity index (χ1n) is 8.99. The highest BCUT2D eigenvalue weighted by atomic mass is 32.1. The van der Waals surface area contributed by atoms with Crippen LogP contribution in [0.15, 0.2) is 36.7 Å². The van der Waals surface area contributed by atoms with Gasteiger partial charge in [-0.05, 0) is 42.8 Å². The summed E-state index contributed by atoms with van der Waals surface area (Å²) in [7, 11) is 2.05. The van der Waals surface area contributed by atoms with Gasteiger partial charge in [-0.15, -0.1) is 0 Å². The van der Waals surface area contributed by atoms with Gasteiger partial charge in [-0.3, -0.25) is 4.90 Å². The summed E-state index contributed by atoms with van der Waals surface area (Å²) in [6.45, 7) is 7.10. The lowest BCUT2D eigenvalue weighted by Gasteiger charge is -2.24. The summed E-state index contributed by atoms with van der Waals surface area (Å²) in [6, 6.07) is 8.49. The van der Waals surface area contributed by atoms with E-state index in [0.717, 1.165) is 62.2 Å². The van der Waals surface area contributed by atoms with Crippen LogP contribution >= 0.6 is 12.2 Å². The molecule has 0 spiro atoms. The van der Waals surface area contributed by atoms with Gasteiger partial charge >= 0.3 is 0 Å². The zero-order valence-corrected chi connectivity index (χ0v) is 15.9. The van der Waals surface area contributed by atoms with E-state index in [1.165, 1.54) is 5.56 Å². The molecule has 0 unspecified atom stereocenters. The lowest BCUT2D eigenvalue weighted by Crippen LogP contribution is -2.37. The van der Waals surface area contributed by atoms with Crippen molar-refractivity contribution in [1.82, 2.24) is 19.4 Å². The summed E-state index contributed by atoms with van der Waals surface area (Å²) in [6.07, 6.45) is 6.02. The van der Waals surface area contributed by atoms with Crippen molar-refractivity contribution in [2.45, 2.75) is 26.3 Å². The molecule has 25 heavy (non-hydrogen) atoms. The quantitative estimate of drug-likeness (QED) is 0.852. The Morgan fingerprint density at radius 2 is 2.12 bits per heavy atom. The summed E-state index contributed by atoms with van der Waals surface area (Å²) >= 11 is 5.65. The molecule has 2 aromatic rings. The second-order valence-corrected chi connectivity index (χ2v) is 6.94. The minimum atomic E-state index is 0.826. The molecular formula is C19H27N5S. The summed E-state index contributed by atoms with van der Waals surface area (Å²) in [5.74, 6) is 1.12. The normalized spacial score (nSPS) is 15.8. The minimum Gasteiger partial charge on any atom is -0.348 e. The molecule has 1 aromatic carbocycles. The Hall–Kier alpha value is -1.92. The molecule has 5 nitrogen and oxygen atoms in total. The van der Waals surface area contributed by atoms with Gasteiger partial charge in [0, 0.05) is 51.3 Å². The molecule has 0 atom stereocenters. The fourth-order valence-electron chi connectivity index (χ4n) is 3.15. The Morgan fingerprint density at radius 1 is 1.24 bits per heavy atom. The van der Waals surface area contributed by atoms with Crippen LogP contribution in [0.3, 0.4) is 0 Å². The van der Waals surface area contributed by atoms with Crippen molar-refractivity contribution >= 4 is 23.0 Å². The standard InChI is InChI=1S/C19H27N5S/c1-3-16-6-4-7-17(14-16)21-19(25)24-10-5-9-23(12-13-24)15-18-20-8-11-22(18)2/h4,6-8,11,14H,3,5,9-10,12-13,15H2,1-2H3,(H,21,25). The second kappa shape index (κ2) is 8.45. The monoisotopic (exact) mass is 357 g/mol. The SMILES string of the molecule is CCc1cccc(NC(=S)N2CCCN(Cc3nccn3C)CC2)c1. The molecular weight excluding hydrogens is 330 g/mol. The first-order valence-corrected chi connectivity index (χ1v) is 9.40. The molecule has 0 radical (unpaired) electrons. The molecule has 0 amide bonds. The molecule has 1 aliphatic rings. The van der Waals surface area contributed by atoms with E-state index in [2.05, 4.69) is 62.9 Å². The van der Waals surface area contributed by atoms with Crippen LogP contribution in [0.1, 0.15) is 24.7 Å². The zero-order chi connectivity index (χ0) is 17.6. The molecule has 6 heteroatoms. The molecule has 134 valence electrons. The minimum absolute atomic E-state index is 0.826. The van der Waals surface area contributed by atoms with Crippen LogP contribution < -0.4 is 5.32 Å². The van der Waals surface area contributed by atoms with Gasteiger partial charge in [0.25, 0.3) is 0 Å². The van der Waals surface area contributed by atoms with Crippen molar-refractivity contribution in [1.29, 1.82) is 0 Å². The van der Waals surface area contributed by atoms with Gasteiger partial charge in [-0.1, -0.05) is 19.1 Å². The van der Waals surface area contributed by atoms with Gasteiger partial charge in [-0.25, -0.2) is 4.98 Å². The van der Waals surface area contributed by atoms with Crippen molar-refractivity contribution in [2.75, 3.05) is 31.5 Å². The Kier molecular flexibility index (Phi) is 6.04. The molecule has 1 aliphatic heterocycles. The van der Waals surface area contributed by atoms with E-state index in [9.17, 15) is 0 Å². The van der Waals surface area contributed by atoms with Crippen molar-refractivity contribution in [3.63, 3.8) is 0 Å².